The number of hydrogen-bond acceptors (Lipinski definition) is 4. The number of benzene rings is 2. The Kier molecular flexibility index (Phi) is 6.18. The molecule has 2 aromatic rings. The van der Waals surface area contributed by atoms with E-state index in [1.165, 1.54) is 6.07 Å². The van der Waals surface area contributed by atoms with Gasteiger partial charge in [0.1, 0.15) is 11.9 Å². The maximum atomic E-state index is 14.2. The predicted molar refractivity (Wildman–Crippen MR) is 128 cm³/mol. The third kappa shape index (κ3) is 4.60. The number of carbonyl (C=O) groups excluding carboxylic acids is 1. The number of amides is 1. The second-order valence-corrected chi connectivity index (χ2v) is 10.0. The van der Waals surface area contributed by atoms with Crippen LogP contribution in [0.3, 0.4) is 0 Å². The van der Waals surface area contributed by atoms with Crippen molar-refractivity contribution >= 4 is 23.0 Å². The second kappa shape index (κ2) is 9.13. The molecular weight excluding hydrogens is 441 g/mol. The Hall–Kier alpha value is -2.74. The van der Waals surface area contributed by atoms with E-state index in [4.69, 9.17) is 0 Å². The number of anilines is 3. The fourth-order valence-electron chi connectivity index (χ4n) is 5.71. The molecule has 8 heteroatoms. The summed E-state index contributed by atoms with van der Waals surface area (Å²) in [6, 6.07) is 10.5. The summed E-state index contributed by atoms with van der Waals surface area (Å²) < 4.78 is 39.6. The van der Waals surface area contributed by atoms with E-state index < -0.39 is 12.5 Å². The van der Waals surface area contributed by atoms with Crippen molar-refractivity contribution in [2.45, 2.75) is 45.1 Å². The average Bonchev–Trinajstić information content (AvgIpc) is 3.44. The third-order valence-electron chi connectivity index (χ3n) is 7.74. The first-order valence-electron chi connectivity index (χ1n) is 12.0. The van der Waals surface area contributed by atoms with Crippen molar-refractivity contribution in [2.24, 2.45) is 5.41 Å². The zero-order valence-corrected chi connectivity index (χ0v) is 19.4. The van der Waals surface area contributed by atoms with Gasteiger partial charge in [0.25, 0.3) is 6.43 Å². The molecule has 3 aliphatic rings. The van der Waals surface area contributed by atoms with Gasteiger partial charge >= 0.3 is 0 Å². The molecule has 3 heterocycles. The van der Waals surface area contributed by atoms with Crippen LogP contribution in [0.2, 0.25) is 0 Å². The Morgan fingerprint density at radius 2 is 1.94 bits per heavy atom. The molecule has 3 aliphatic heterocycles. The zero-order valence-electron chi connectivity index (χ0n) is 19.4. The molecule has 5 nitrogen and oxygen atoms in total. The van der Waals surface area contributed by atoms with Crippen LogP contribution in [-0.2, 0) is 11.2 Å². The molecule has 1 amide bonds. The number of likely N-dealkylation sites (tertiary alicyclic amines) is 1. The number of aryl methyl sites for hydroxylation is 1. The Morgan fingerprint density at radius 3 is 2.68 bits per heavy atom. The van der Waals surface area contributed by atoms with Gasteiger partial charge in [0.05, 0.1) is 6.54 Å². The largest absolute Gasteiger partial charge is 0.373 e. The number of nitrogens with one attached hydrogen (secondary N) is 2. The average molecular weight is 473 g/mol. The first kappa shape index (κ1) is 23.0. The number of fused-ring (bicyclic) bond motifs is 1. The van der Waals surface area contributed by atoms with Crippen molar-refractivity contribution in [2.75, 3.05) is 48.3 Å². The number of alkyl halides is 2. The molecule has 0 saturated carbocycles. The van der Waals surface area contributed by atoms with Crippen molar-refractivity contribution < 1.29 is 18.0 Å². The van der Waals surface area contributed by atoms with Gasteiger partial charge < -0.3 is 15.5 Å². The number of nitrogens with zero attached hydrogens (tertiary/aromatic N) is 2. The highest BCUT2D eigenvalue weighted by Crippen LogP contribution is 2.42. The molecule has 34 heavy (non-hydrogen) atoms. The van der Waals surface area contributed by atoms with Crippen LogP contribution in [0.15, 0.2) is 36.4 Å². The van der Waals surface area contributed by atoms with E-state index in [1.807, 2.05) is 36.1 Å². The van der Waals surface area contributed by atoms with Gasteiger partial charge in [0.15, 0.2) is 0 Å². The number of hydrogen-bond donors (Lipinski definition) is 2. The number of carbonyl (C=O) groups is 1. The van der Waals surface area contributed by atoms with Crippen LogP contribution in [0.1, 0.15) is 30.4 Å². The molecule has 1 spiro atoms. The highest BCUT2D eigenvalue weighted by molar-refractivity contribution is 5.98. The molecule has 2 N–H and O–H groups in total. The number of piperidine rings is 1. The lowest BCUT2D eigenvalue weighted by molar-refractivity contribution is -0.116. The van der Waals surface area contributed by atoms with Gasteiger partial charge in [-0.15, -0.1) is 0 Å². The quantitative estimate of drug-likeness (QED) is 0.664. The summed E-state index contributed by atoms with van der Waals surface area (Å²) >= 11 is 0. The Morgan fingerprint density at radius 1 is 1.18 bits per heavy atom. The van der Waals surface area contributed by atoms with E-state index in [2.05, 4.69) is 15.5 Å². The van der Waals surface area contributed by atoms with E-state index >= 15 is 0 Å². The van der Waals surface area contributed by atoms with E-state index in [9.17, 15) is 18.0 Å². The van der Waals surface area contributed by atoms with Crippen molar-refractivity contribution in [3.8, 4) is 0 Å². The molecule has 0 aliphatic carbocycles. The minimum atomic E-state index is -2.27. The molecule has 2 fully saturated rings. The predicted octanol–water partition coefficient (Wildman–Crippen LogP) is 4.67. The van der Waals surface area contributed by atoms with Crippen LogP contribution in [-0.4, -0.2) is 56.0 Å². The minimum absolute atomic E-state index is 0.130. The summed E-state index contributed by atoms with van der Waals surface area (Å²) in [7, 11) is 0. The smallest absolute Gasteiger partial charge is 0.251 e. The molecule has 1 atom stereocenters. The number of halogens is 3. The third-order valence-corrected chi connectivity index (χ3v) is 7.74. The fourth-order valence-corrected chi connectivity index (χ4v) is 5.71. The molecule has 5 rings (SSSR count). The van der Waals surface area contributed by atoms with Crippen molar-refractivity contribution in [1.82, 2.24) is 4.90 Å². The fraction of sp³-hybridized carbons (Fsp3) is 0.500. The van der Waals surface area contributed by atoms with Crippen LogP contribution in [0.4, 0.5) is 30.2 Å². The highest BCUT2D eigenvalue weighted by Gasteiger charge is 2.41. The molecule has 2 saturated heterocycles. The van der Waals surface area contributed by atoms with Crippen molar-refractivity contribution in [3.05, 3.63) is 53.3 Å². The first-order valence-corrected chi connectivity index (χ1v) is 12.0. The van der Waals surface area contributed by atoms with E-state index in [1.54, 1.807) is 6.07 Å². The van der Waals surface area contributed by atoms with E-state index in [0.717, 1.165) is 62.4 Å². The lowest BCUT2D eigenvalue weighted by atomic mass is 9.78. The summed E-state index contributed by atoms with van der Waals surface area (Å²) in [4.78, 5) is 17.1. The van der Waals surface area contributed by atoms with Gasteiger partial charge in [-0.2, -0.15) is 0 Å². The first-order chi connectivity index (χ1) is 16.3. The summed E-state index contributed by atoms with van der Waals surface area (Å²) in [5.41, 5.74) is 4.15. The summed E-state index contributed by atoms with van der Waals surface area (Å²) in [6.07, 6.45) is 0.989. The van der Waals surface area contributed by atoms with Crippen LogP contribution in [0.5, 0.6) is 0 Å². The molecule has 1 unspecified atom stereocenters. The van der Waals surface area contributed by atoms with Gasteiger partial charge in [-0.1, -0.05) is 12.1 Å². The lowest BCUT2D eigenvalue weighted by Crippen LogP contribution is -2.43. The molecule has 182 valence electrons. The summed E-state index contributed by atoms with van der Waals surface area (Å²) in [6.45, 7) is 5.06. The van der Waals surface area contributed by atoms with E-state index in [0.29, 0.717) is 17.7 Å². The molecule has 2 aromatic carbocycles. The maximum Gasteiger partial charge on any atom is 0.251 e. The highest BCUT2D eigenvalue weighted by atomic mass is 19.3. The standard InChI is InChI=1S/C26H31F3N4O/c1-17-5-6-21(27)20-14-22(31-24(17)20)25(34)30-18-3-2-4-19(13-18)33-12-9-26(16-33)7-10-32(11-8-26)15-23(28)29/h2-6,13,22-23,31H,7-12,14-16H2,1H3,(H,30,34). The Labute approximate surface area is 198 Å². The maximum absolute atomic E-state index is 14.2. The van der Waals surface area contributed by atoms with Crippen molar-refractivity contribution in [3.63, 3.8) is 0 Å². The number of rotatable bonds is 5. The monoisotopic (exact) mass is 472 g/mol. The van der Waals surface area contributed by atoms with Gasteiger partial charge in [0.2, 0.25) is 5.91 Å². The Bertz CT molecular complexity index is 1040. The minimum Gasteiger partial charge on any atom is -0.373 e. The lowest BCUT2D eigenvalue weighted by Gasteiger charge is -2.39. The molecule has 0 bridgehead atoms. The SMILES string of the molecule is Cc1ccc(F)c2c1NC(C(=O)Nc1cccc(N3CCC4(CCN(CC(F)F)CC4)C3)c1)C2. The van der Waals surface area contributed by atoms with Gasteiger partial charge in [-0.25, -0.2) is 13.2 Å². The molecule has 0 radical (unpaired) electrons. The molecule has 0 aromatic heterocycles. The van der Waals surface area contributed by atoms with Crippen LogP contribution in [0.25, 0.3) is 0 Å². The van der Waals surface area contributed by atoms with Crippen LogP contribution >= 0.6 is 0 Å². The van der Waals surface area contributed by atoms with Crippen molar-refractivity contribution in [1.29, 1.82) is 0 Å². The second-order valence-electron chi connectivity index (χ2n) is 10.0. The van der Waals surface area contributed by atoms with Crippen LogP contribution in [0, 0.1) is 18.2 Å². The topological polar surface area (TPSA) is 47.6 Å². The van der Waals surface area contributed by atoms with E-state index in [-0.39, 0.29) is 23.7 Å². The van der Waals surface area contributed by atoms with Gasteiger partial charge in [-0.3, -0.25) is 9.69 Å². The van der Waals surface area contributed by atoms with Gasteiger partial charge in [0, 0.05) is 42.1 Å². The Balaban J connectivity index is 1.20. The molecular formula is C26H31F3N4O. The van der Waals surface area contributed by atoms with Gasteiger partial charge in [-0.05, 0) is 74.5 Å². The summed E-state index contributed by atoms with van der Waals surface area (Å²) in [5.74, 6) is -0.468. The van der Waals surface area contributed by atoms with Crippen LogP contribution < -0.4 is 15.5 Å². The zero-order chi connectivity index (χ0) is 23.9. The normalized spacial score (nSPS) is 21.7. The summed E-state index contributed by atoms with van der Waals surface area (Å²) in [5, 5.41) is 6.16.